The second-order valence-electron chi connectivity index (χ2n) is 6.72. The maximum atomic E-state index is 12.5. The highest BCUT2D eigenvalue weighted by molar-refractivity contribution is 5.63. The quantitative estimate of drug-likeness (QED) is 0.774. The summed E-state index contributed by atoms with van der Waals surface area (Å²) in [6.45, 7) is -0.0593. The van der Waals surface area contributed by atoms with Crippen LogP contribution in [0.5, 0.6) is 5.75 Å². The topological polar surface area (TPSA) is 51.4 Å². The highest BCUT2D eigenvalue weighted by atomic mass is 19.3. The van der Waals surface area contributed by atoms with Crippen molar-refractivity contribution in [3.63, 3.8) is 0 Å². The van der Waals surface area contributed by atoms with Crippen molar-refractivity contribution in [1.82, 2.24) is 15.0 Å². The van der Waals surface area contributed by atoms with E-state index in [4.69, 9.17) is 4.52 Å². The molecular weight excluding hydrogens is 328 g/mol. The molecule has 136 valence electrons. The third-order valence-electron chi connectivity index (χ3n) is 4.81. The molecule has 1 heterocycles. The fourth-order valence-electron chi connectivity index (χ4n) is 3.30. The summed E-state index contributed by atoms with van der Waals surface area (Å²) in [5.41, 5.74) is 0.395. The lowest BCUT2D eigenvalue weighted by Crippen LogP contribution is -2.34. The first-order valence-electron chi connectivity index (χ1n) is 8.60. The molecule has 0 N–H and O–H groups in total. The largest absolute Gasteiger partial charge is 0.434 e. The number of ether oxygens (including phenoxy) is 1. The van der Waals surface area contributed by atoms with E-state index in [0.29, 0.717) is 24.0 Å². The number of nitrogens with zero attached hydrogens (tertiary/aromatic N) is 3. The molecule has 0 saturated heterocycles. The van der Waals surface area contributed by atoms with Gasteiger partial charge in [-0.15, -0.1) is 0 Å². The van der Waals surface area contributed by atoms with E-state index in [2.05, 4.69) is 33.7 Å². The molecule has 1 fully saturated rings. The molecule has 1 aromatic carbocycles. The molecule has 2 aromatic rings. The van der Waals surface area contributed by atoms with Gasteiger partial charge >= 0.3 is 6.61 Å². The molecule has 1 aliphatic carbocycles. The predicted molar refractivity (Wildman–Crippen MR) is 89.3 cm³/mol. The number of benzene rings is 1. The van der Waals surface area contributed by atoms with Crippen LogP contribution in [0.3, 0.4) is 0 Å². The SMILES string of the molecule is CC1CCC(N(C)Cc2nc(-c3ccccc3OC(F)F)no2)CC1. The molecule has 1 aromatic heterocycles. The number of rotatable bonds is 6. The number of alkyl halides is 2. The van der Waals surface area contributed by atoms with E-state index in [1.165, 1.54) is 31.7 Å². The average molecular weight is 351 g/mol. The number of para-hydroxylation sites is 1. The predicted octanol–water partition coefficient (Wildman–Crippen LogP) is 4.35. The number of hydrogen-bond donors (Lipinski definition) is 0. The zero-order valence-electron chi connectivity index (χ0n) is 14.5. The summed E-state index contributed by atoms with van der Waals surface area (Å²) in [7, 11) is 2.05. The van der Waals surface area contributed by atoms with Gasteiger partial charge in [0.15, 0.2) is 0 Å². The molecule has 7 heteroatoms. The van der Waals surface area contributed by atoms with Crippen molar-refractivity contribution in [2.24, 2.45) is 5.92 Å². The van der Waals surface area contributed by atoms with Crippen molar-refractivity contribution < 1.29 is 18.0 Å². The maximum Gasteiger partial charge on any atom is 0.387 e. The van der Waals surface area contributed by atoms with E-state index in [0.717, 1.165) is 5.92 Å². The van der Waals surface area contributed by atoms with Crippen LogP contribution in [-0.4, -0.2) is 34.7 Å². The fourth-order valence-corrected chi connectivity index (χ4v) is 3.30. The van der Waals surface area contributed by atoms with Crippen molar-refractivity contribution in [2.75, 3.05) is 7.05 Å². The molecule has 0 unspecified atom stereocenters. The molecule has 0 bridgehead atoms. The zero-order valence-corrected chi connectivity index (χ0v) is 14.5. The first-order valence-corrected chi connectivity index (χ1v) is 8.60. The number of aromatic nitrogens is 2. The fraction of sp³-hybridized carbons (Fsp3) is 0.556. The third-order valence-corrected chi connectivity index (χ3v) is 4.81. The molecule has 0 spiro atoms. The summed E-state index contributed by atoms with van der Waals surface area (Å²) in [4.78, 5) is 6.58. The van der Waals surface area contributed by atoms with Gasteiger partial charge in [0.2, 0.25) is 11.7 Å². The Kier molecular flexibility index (Phi) is 5.63. The van der Waals surface area contributed by atoms with Crippen LogP contribution in [0.25, 0.3) is 11.4 Å². The second kappa shape index (κ2) is 7.91. The molecule has 0 aliphatic heterocycles. The van der Waals surface area contributed by atoms with Gasteiger partial charge in [-0.3, -0.25) is 4.90 Å². The highest BCUT2D eigenvalue weighted by Crippen LogP contribution is 2.30. The van der Waals surface area contributed by atoms with Gasteiger partial charge in [-0.2, -0.15) is 13.8 Å². The summed E-state index contributed by atoms with van der Waals surface area (Å²) in [6, 6.07) is 6.96. The minimum Gasteiger partial charge on any atom is -0.434 e. The van der Waals surface area contributed by atoms with Gasteiger partial charge in [-0.1, -0.05) is 24.2 Å². The van der Waals surface area contributed by atoms with Crippen LogP contribution in [0.1, 0.15) is 38.5 Å². The van der Waals surface area contributed by atoms with Crippen LogP contribution >= 0.6 is 0 Å². The van der Waals surface area contributed by atoms with E-state index in [1.807, 2.05) is 0 Å². The van der Waals surface area contributed by atoms with E-state index < -0.39 is 6.61 Å². The van der Waals surface area contributed by atoms with Crippen molar-refractivity contribution in [3.8, 4) is 17.1 Å². The monoisotopic (exact) mass is 351 g/mol. The van der Waals surface area contributed by atoms with E-state index in [-0.39, 0.29) is 11.6 Å². The van der Waals surface area contributed by atoms with E-state index >= 15 is 0 Å². The molecule has 1 saturated carbocycles. The lowest BCUT2D eigenvalue weighted by molar-refractivity contribution is -0.0494. The van der Waals surface area contributed by atoms with Crippen LogP contribution in [0.15, 0.2) is 28.8 Å². The van der Waals surface area contributed by atoms with Crippen molar-refractivity contribution in [2.45, 2.75) is 51.8 Å². The highest BCUT2D eigenvalue weighted by Gasteiger charge is 2.23. The summed E-state index contributed by atoms with van der Waals surface area (Å²) in [5.74, 6) is 1.57. The zero-order chi connectivity index (χ0) is 17.8. The molecule has 0 atom stereocenters. The van der Waals surface area contributed by atoms with E-state index in [9.17, 15) is 8.78 Å². The molecule has 3 rings (SSSR count). The maximum absolute atomic E-state index is 12.5. The molecule has 5 nitrogen and oxygen atoms in total. The molecule has 0 radical (unpaired) electrons. The Bertz CT molecular complexity index is 684. The minimum absolute atomic E-state index is 0.0412. The summed E-state index contributed by atoms with van der Waals surface area (Å²) < 4.78 is 34.9. The third kappa shape index (κ3) is 4.54. The lowest BCUT2D eigenvalue weighted by Gasteiger charge is -2.32. The summed E-state index contributed by atoms with van der Waals surface area (Å²) in [6.07, 6.45) is 4.82. The number of hydrogen-bond acceptors (Lipinski definition) is 5. The smallest absolute Gasteiger partial charge is 0.387 e. The van der Waals surface area contributed by atoms with Gasteiger partial charge in [-0.25, -0.2) is 0 Å². The summed E-state index contributed by atoms with van der Waals surface area (Å²) >= 11 is 0. The van der Waals surface area contributed by atoms with Gasteiger partial charge in [0, 0.05) is 6.04 Å². The van der Waals surface area contributed by atoms with Gasteiger partial charge in [-0.05, 0) is 50.8 Å². The Hall–Kier alpha value is -2.02. The van der Waals surface area contributed by atoms with Gasteiger partial charge < -0.3 is 9.26 Å². The molecule has 25 heavy (non-hydrogen) atoms. The molecule has 1 aliphatic rings. The Labute approximate surface area is 146 Å². The van der Waals surface area contributed by atoms with Crippen LogP contribution in [0.4, 0.5) is 8.78 Å². The summed E-state index contributed by atoms with van der Waals surface area (Å²) in [5, 5.41) is 3.93. The van der Waals surface area contributed by atoms with Crippen molar-refractivity contribution >= 4 is 0 Å². The first kappa shape index (κ1) is 17.8. The Morgan fingerprint density at radius 3 is 2.68 bits per heavy atom. The normalized spacial score (nSPS) is 21.0. The standard InChI is InChI=1S/C18H23F2N3O2/c1-12-7-9-13(10-8-12)23(2)11-16-21-17(22-25-16)14-5-3-4-6-15(14)24-18(19)20/h3-6,12-13,18H,7-11H2,1-2H3. The van der Waals surface area contributed by atoms with Gasteiger partial charge in [0.1, 0.15) is 5.75 Å². The van der Waals surface area contributed by atoms with Gasteiger partial charge in [0.05, 0.1) is 12.1 Å². The second-order valence-corrected chi connectivity index (χ2v) is 6.72. The van der Waals surface area contributed by atoms with E-state index in [1.54, 1.807) is 18.2 Å². The van der Waals surface area contributed by atoms with Crippen LogP contribution < -0.4 is 4.74 Å². The first-order chi connectivity index (χ1) is 12.0. The molecule has 0 amide bonds. The Morgan fingerprint density at radius 2 is 1.96 bits per heavy atom. The van der Waals surface area contributed by atoms with Crippen molar-refractivity contribution in [1.29, 1.82) is 0 Å². The Morgan fingerprint density at radius 1 is 1.24 bits per heavy atom. The minimum atomic E-state index is -2.90. The molecular formula is C18H23F2N3O2. The Balaban J connectivity index is 1.68. The van der Waals surface area contributed by atoms with Crippen LogP contribution in [0.2, 0.25) is 0 Å². The van der Waals surface area contributed by atoms with Crippen LogP contribution in [-0.2, 0) is 6.54 Å². The average Bonchev–Trinajstić information content (AvgIpc) is 3.03. The van der Waals surface area contributed by atoms with Crippen molar-refractivity contribution in [3.05, 3.63) is 30.2 Å². The van der Waals surface area contributed by atoms with Gasteiger partial charge in [0.25, 0.3) is 0 Å². The van der Waals surface area contributed by atoms with Crippen LogP contribution in [0, 0.1) is 5.92 Å². The number of halogens is 2. The lowest BCUT2D eigenvalue weighted by atomic mass is 9.87.